The van der Waals surface area contributed by atoms with Gasteiger partial charge in [0, 0.05) is 48.1 Å². The predicted octanol–water partition coefficient (Wildman–Crippen LogP) is 7.59. The molecular weight excluding hydrogens is 603 g/mol. The Morgan fingerprint density at radius 1 is 1.00 bits per heavy atom. The molecule has 6 rings (SSSR count). The molecule has 4 heterocycles. The zero-order valence-corrected chi connectivity index (χ0v) is 22.5. The average molecular weight is 622 g/mol. The van der Waals surface area contributed by atoms with E-state index in [4.69, 9.17) is 4.74 Å². The quantitative estimate of drug-likeness (QED) is 0.190. The molecular formula is C27H18F7N7OS. The minimum atomic E-state index is -4.59. The van der Waals surface area contributed by atoms with Crippen LogP contribution in [0.4, 0.5) is 36.7 Å². The Kier molecular flexibility index (Phi) is 6.95. The Morgan fingerprint density at radius 2 is 1.79 bits per heavy atom. The van der Waals surface area contributed by atoms with Crippen molar-refractivity contribution in [3.63, 3.8) is 0 Å². The largest absolute Gasteiger partial charge is 0.457 e. The van der Waals surface area contributed by atoms with Crippen LogP contribution in [0.25, 0.3) is 22.6 Å². The number of benzene rings is 1. The summed E-state index contributed by atoms with van der Waals surface area (Å²) >= 11 is 0.572. The van der Waals surface area contributed by atoms with Gasteiger partial charge < -0.3 is 19.6 Å². The molecule has 0 aliphatic heterocycles. The number of hydrogen-bond donors (Lipinski definition) is 2. The summed E-state index contributed by atoms with van der Waals surface area (Å²) in [4.78, 5) is 18.1. The van der Waals surface area contributed by atoms with Gasteiger partial charge in [-0.05, 0) is 30.4 Å². The molecule has 0 spiro atoms. The minimum absolute atomic E-state index is 0.0851. The number of nitrogens with zero attached hydrogens (tertiary/aromatic N) is 5. The highest BCUT2D eigenvalue weighted by Crippen LogP contribution is 2.44. The second kappa shape index (κ2) is 10.5. The fourth-order valence-electron chi connectivity index (χ4n) is 4.57. The van der Waals surface area contributed by atoms with Crippen LogP contribution in [0.1, 0.15) is 16.5 Å². The number of alkyl halides is 6. The lowest BCUT2D eigenvalue weighted by Gasteiger charge is -2.27. The molecule has 1 aliphatic carbocycles. The number of halogens is 7. The van der Waals surface area contributed by atoms with Crippen LogP contribution in [0.5, 0.6) is 11.5 Å². The maximum Gasteiger partial charge on any atom is 0.432 e. The maximum atomic E-state index is 13.9. The van der Waals surface area contributed by atoms with Gasteiger partial charge in [-0.3, -0.25) is 4.98 Å². The topological polar surface area (TPSA) is 93.5 Å². The van der Waals surface area contributed by atoms with E-state index in [2.05, 4.69) is 30.2 Å². The van der Waals surface area contributed by atoms with Crippen molar-refractivity contribution >= 4 is 28.3 Å². The molecule has 2 atom stereocenters. The lowest BCUT2D eigenvalue weighted by Crippen LogP contribution is -2.29. The Bertz CT molecular complexity index is 1870. The number of aryl methyl sites for hydroxylation is 1. The number of allylic oxidation sites excluding steroid dienone is 3. The van der Waals surface area contributed by atoms with Crippen molar-refractivity contribution in [2.24, 2.45) is 13.0 Å². The minimum Gasteiger partial charge on any atom is -0.457 e. The first kappa shape index (κ1) is 28.4. The van der Waals surface area contributed by atoms with Crippen molar-refractivity contribution in [2.45, 2.75) is 18.3 Å². The fourth-order valence-corrected chi connectivity index (χ4v) is 5.34. The molecule has 0 fully saturated rings. The van der Waals surface area contributed by atoms with E-state index in [0.29, 0.717) is 34.3 Å². The molecule has 2 N–H and O–H groups in total. The summed E-state index contributed by atoms with van der Waals surface area (Å²) < 4.78 is 102. The van der Waals surface area contributed by atoms with E-state index in [1.165, 1.54) is 30.5 Å². The number of ether oxygens (including phenoxy) is 1. The molecule has 1 aromatic carbocycles. The van der Waals surface area contributed by atoms with E-state index in [0.717, 1.165) is 12.3 Å². The first-order valence-electron chi connectivity index (χ1n) is 12.4. The van der Waals surface area contributed by atoms with E-state index < -0.39 is 35.1 Å². The number of pyridine rings is 1. The fraction of sp³-hybridized carbons (Fsp3) is 0.185. The summed E-state index contributed by atoms with van der Waals surface area (Å²) in [6.07, 6.45) is -2.16. The number of aromatic amines is 1. The molecule has 1 aliphatic rings. The van der Waals surface area contributed by atoms with Crippen LogP contribution < -0.4 is 10.1 Å². The SMILES string of the molecule is Cn1c(NC2=CC(C(F)(F)F)C(c3cnc(F)s3)C=C2)nc2cc(Oc3ccnc(-c4ncc(C(F)(F)F)[nH]4)c3)ccc21. The number of rotatable bonds is 6. The predicted molar refractivity (Wildman–Crippen MR) is 143 cm³/mol. The Morgan fingerprint density at radius 3 is 2.49 bits per heavy atom. The van der Waals surface area contributed by atoms with E-state index in [-0.39, 0.29) is 33.8 Å². The van der Waals surface area contributed by atoms with Gasteiger partial charge in [-0.25, -0.2) is 15.0 Å². The normalized spacial score (nSPS) is 17.3. The van der Waals surface area contributed by atoms with Gasteiger partial charge in [0.05, 0.1) is 23.1 Å². The maximum absolute atomic E-state index is 13.9. The molecule has 0 bridgehead atoms. The number of imidazole rings is 2. The molecule has 4 aromatic heterocycles. The van der Waals surface area contributed by atoms with Gasteiger partial charge >= 0.3 is 12.4 Å². The van der Waals surface area contributed by atoms with Crippen LogP contribution >= 0.6 is 11.3 Å². The summed E-state index contributed by atoms with van der Waals surface area (Å²) in [5.74, 6) is -2.22. The zero-order chi connectivity index (χ0) is 30.5. The van der Waals surface area contributed by atoms with Crippen molar-refractivity contribution < 1.29 is 35.5 Å². The van der Waals surface area contributed by atoms with Gasteiger partial charge in [0.15, 0.2) is 5.82 Å². The van der Waals surface area contributed by atoms with Gasteiger partial charge in [0.1, 0.15) is 22.9 Å². The summed E-state index contributed by atoms with van der Waals surface area (Å²) in [6.45, 7) is 0. The number of hydrogen-bond acceptors (Lipinski definition) is 7. The number of H-pyrrole nitrogens is 1. The Balaban J connectivity index is 1.22. The van der Waals surface area contributed by atoms with Gasteiger partial charge in [-0.15, -0.1) is 0 Å². The van der Waals surface area contributed by atoms with Gasteiger partial charge in [0.25, 0.3) is 5.26 Å². The molecule has 0 saturated carbocycles. The zero-order valence-electron chi connectivity index (χ0n) is 21.7. The van der Waals surface area contributed by atoms with Crippen LogP contribution in [-0.4, -0.2) is 35.7 Å². The van der Waals surface area contributed by atoms with Crippen LogP contribution in [-0.2, 0) is 13.2 Å². The first-order valence-corrected chi connectivity index (χ1v) is 13.2. The third-order valence-corrected chi connectivity index (χ3v) is 7.52. The molecule has 222 valence electrons. The second-order valence-corrected chi connectivity index (χ2v) is 10.5. The van der Waals surface area contributed by atoms with Gasteiger partial charge in [-0.2, -0.15) is 30.7 Å². The summed E-state index contributed by atoms with van der Waals surface area (Å²) in [5, 5.41) is 2.12. The van der Waals surface area contributed by atoms with Crippen molar-refractivity contribution in [1.82, 2.24) is 29.5 Å². The number of aromatic nitrogens is 6. The molecule has 8 nitrogen and oxygen atoms in total. The van der Waals surface area contributed by atoms with E-state index in [1.54, 1.807) is 29.8 Å². The van der Waals surface area contributed by atoms with Gasteiger partial charge in [-0.1, -0.05) is 17.4 Å². The highest BCUT2D eigenvalue weighted by atomic mass is 32.1. The summed E-state index contributed by atoms with van der Waals surface area (Å²) in [7, 11) is 1.68. The molecule has 0 amide bonds. The van der Waals surface area contributed by atoms with Crippen LogP contribution in [0.3, 0.4) is 0 Å². The number of nitrogens with one attached hydrogen (secondary N) is 2. The second-order valence-electron chi connectivity index (χ2n) is 9.48. The molecule has 2 unspecified atom stereocenters. The molecule has 16 heteroatoms. The van der Waals surface area contributed by atoms with E-state index in [9.17, 15) is 30.7 Å². The third-order valence-electron chi connectivity index (χ3n) is 6.63. The number of fused-ring (bicyclic) bond motifs is 1. The van der Waals surface area contributed by atoms with Crippen LogP contribution in [0, 0.1) is 11.2 Å². The lowest BCUT2D eigenvalue weighted by molar-refractivity contribution is -0.164. The Hall–Kier alpha value is -4.73. The van der Waals surface area contributed by atoms with Gasteiger partial charge in [0.2, 0.25) is 5.95 Å². The molecule has 0 radical (unpaired) electrons. The van der Waals surface area contributed by atoms with Crippen LogP contribution in [0.2, 0.25) is 0 Å². The van der Waals surface area contributed by atoms with Crippen molar-refractivity contribution in [3.8, 4) is 23.0 Å². The molecule has 5 aromatic rings. The Labute approximate surface area is 241 Å². The summed E-state index contributed by atoms with van der Waals surface area (Å²) in [6, 6.07) is 7.88. The lowest BCUT2D eigenvalue weighted by atomic mass is 9.86. The summed E-state index contributed by atoms with van der Waals surface area (Å²) in [5.41, 5.74) is 0.389. The van der Waals surface area contributed by atoms with Crippen molar-refractivity contribution in [2.75, 3.05) is 5.32 Å². The average Bonchev–Trinajstić information content (AvgIpc) is 3.68. The van der Waals surface area contributed by atoms with Crippen molar-refractivity contribution in [3.05, 3.63) is 88.7 Å². The highest BCUT2D eigenvalue weighted by Gasteiger charge is 2.45. The monoisotopic (exact) mass is 621 g/mol. The number of thiazole rings is 1. The smallest absolute Gasteiger partial charge is 0.432 e. The first-order chi connectivity index (χ1) is 20.3. The third kappa shape index (κ3) is 5.82. The highest BCUT2D eigenvalue weighted by molar-refractivity contribution is 7.10. The van der Waals surface area contributed by atoms with Crippen LogP contribution in [0.15, 0.2) is 72.8 Å². The standard InChI is InChI=1S/C27H18F7N7OS/c1-41-20-5-3-14(42-15-6-7-35-19(10-15)23-36-12-22(40-23)27(32,33)34)9-18(20)39-25(41)38-13-2-4-16(17(8-13)26(29,30)31)21-11-37-24(28)43-21/h2-12,16-17H,1H3,(H,36,40)(H,38,39). The van der Waals surface area contributed by atoms with Crippen molar-refractivity contribution in [1.29, 1.82) is 0 Å². The molecule has 43 heavy (non-hydrogen) atoms. The van der Waals surface area contributed by atoms with E-state index >= 15 is 0 Å². The number of anilines is 1. The molecule has 0 saturated heterocycles. The van der Waals surface area contributed by atoms with E-state index in [1.807, 2.05) is 0 Å².